The average molecular weight is 430 g/mol. The first-order valence-electron chi connectivity index (χ1n) is 10.2. The minimum absolute atomic E-state index is 0.0502. The Hall–Kier alpha value is -2.51. The number of benzene rings is 1. The molecule has 1 aromatic carbocycles. The van der Waals surface area contributed by atoms with Gasteiger partial charge in [-0.15, -0.1) is 0 Å². The van der Waals surface area contributed by atoms with Crippen LogP contribution in [-0.2, 0) is 12.8 Å². The molecule has 0 radical (unpaired) electrons. The molecule has 1 aromatic heterocycles. The molecule has 1 unspecified atom stereocenters. The van der Waals surface area contributed by atoms with Gasteiger partial charge in [-0.25, -0.2) is 9.37 Å². The number of aromatic nitrogens is 1. The smallest absolute Gasteiger partial charge is 0.141 e. The number of amidine groups is 1. The summed E-state index contributed by atoms with van der Waals surface area (Å²) in [5.41, 5.74) is 3.01. The van der Waals surface area contributed by atoms with Crippen LogP contribution in [-0.4, -0.2) is 52.8 Å². The van der Waals surface area contributed by atoms with Gasteiger partial charge in [-0.3, -0.25) is 4.99 Å². The highest BCUT2D eigenvalue weighted by Crippen LogP contribution is 2.27. The highest BCUT2D eigenvalue weighted by Gasteiger charge is 2.25. The predicted octanol–water partition coefficient (Wildman–Crippen LogP) is 4.15. The Morgan fingerprint density at radius 2 is 2.23 bits per heavy atom. The molecule has 0 saturated carbocycles. The molecule has 1 saturated heterocycles. The van der Waals surface area contributed by atoms with Crippen molar-refractivity contribution in [3.8, 4) is 0 Å². The number of aliphatic imine (C=N–C) groups is 1. The second-order valence-corrected chi connectivity index (χ2v) is 8.35. The molecule has 2 N–H and O–H groups in total. The number of likely N-dealkylation sites (N-methyl/N-ethyl adjacent to an activating group) is 1. The van der Waals surface area contributed by atoms with E-state index >= 15 is 0 Å². The molecular formula is C22H25ClFN5O. The lowest BCUT2D eigenvalue weighted by Crippen LogP contribution is -2.27. The Bertz CT molecular complexity index is 993. The van der Waals surface area contributed by atoms with E-state index in [-0.39, 0.29) is 11.1 Å². The van der Waals surface area contributed by atoms with Crippen molar-refractivity contribution in [2.75, 3.05) is 25.5 Å². The van der Waals surface area contributed by atoms with Gasteiger partial charge in [-0.05, 0) is 50.2 Å². The molecule has 1 atom stereocenters. The van der Waals surface area contributed by atoms with Gasteiger partial charge in [-0.1, -0.05) is 29.2 Å². The lowest BCUT2D eigenvalue weighted by Gasteiger charge is -2.17. The summed E-state index contributed by atoms with van der Waals surface area (Å²) in [6.07, 6.45) is 6.10. The minimum atomic E-state index is -0.470. The maximum absolute atomic E-state index is 13.5. The van der Waals surface area contributed by atoms with E-state index in [0.717, 1.165) is 47.9 Å². The van der Waals surface area contributed by atoms with Crippen molar-refractivity contribution in [1.29, 1.82) is 0 Å². The summed E-state index contributed by atoms with van der Waals surface area (Å²) in [4.78, 5) is 11.7. The van der Waals surface area contributed by atoms with E-state index in [4.69, 9.17) is 16.6 Å². The first-order chi connectivity index (χ1) is 14.5. The number of nitrogens with zero attached hydrogens (tertiary/aromatic N) is 4. The molecule has 2 aliphatic heterocycles. The zero-order valence-corrected chi connectivity index (χ0v) is 17.7. The molecule has 1 fully saturated rings. The largest absolute Gasteiger partial charge is 0.411 e. The number of fused-ring (bicyclic) bond motifs is 1. The number of halogens is 2. The molecule has 30 heavy (non-hydrogen) atoms. The first kappa shape index (κ1) is 20.8. The van der Waals surface area contributed by atoms with Crippen molar-refractivity contribution in [2.24, 2.45) is 10.1 Å². The maximum Gasteiger partial charge on any atom is 0.141 e. The standard InChI is InChI=1S/C22H25ClFN5O/c1-29-9-3-2-4-15(13-29)26-21-12-17-16(7-8-25-22(17)27-21)20(28-30)11-14-5-6-19(24)18(23)10-14/h5-8,10,15,30H,2-4,9,11-13H2,1H3,(H,25,26,27)/b28-20+. The molecular weight excluding hydrogens is 405 g/mol. The Morgan fingerprint density at radius 1 is 1.37 bits per heavy atom. The van der Waals surface area contributed by atoms with Gasteiger partial charge in [0, 0.05) is 36.7 Å². The van der Waals surface area contributed by atoms with Gasteiger partial charge in [0.25, 0.3) is 0 Å². The van der Waals surface area contributed by atoms with Crippen molar-refractivity contribution in [3.05, 3.63) is 58.0 Å². The number of hydrogen-bond acceptors (Lipinski definition) is 5. The van der Waals surface area contributed by atoms with Crippen molar-refractivity contribution in [2.45, 2.75) is 38.1 Å². The maximum atomic E-state index is 13.5. The van der Waals surface area contributed by atoms with Crippen LogP contribution in [0.15, 0.2) is 40.6 Å². The Balaban J connectivity index is 1.56. The van der Waals surface area contributed by atoms with E-state index in [9.17, 15) is 9.60 Å². The molecule has 0 bridgehead atoms. The van der Waals surface area contributed by atoms with Crippen LogP contribution in [0.2, 0.25) is 5.02 Å². The van der Waals surface area contributed by atoms with Crippen LogP contribution in [0.5, 0.6) is 0 Å². The van der Waals surface area contributed by atoms with E-state index in [1.807, 2.05) is 6.07 Å². The number of pyridine rings is 1. The number of hydrogen-bond donors (Lipinski definition) is 2. The topological polar surface area (TPSA) is 73.1 Å². The molecule has 2 aliphatic rings. The van der Waals surface area contributed by atoms with Crippen LogP contribution in [0, 0.1) is 5.82 Å². The Morgan fingerprint density at radius 3 is 3.03 bits per heavy atom. The normalized spacial score (nSPS) is 21.4. The van der Waals surface area contributed by atoms with Gasteiger partial charge in [0.05, 0.1) is 16.8 Å². The monoisotopic (exact) mass is 429 g/mol. The fourth-order valence-electron chi connectivity index (χ4n) is 4.13. The summed E-state index contributed by atoms with van der Waals surface area (Å²) in [6.45, 7) is 2.07. The van der Waals surface area contributed by atoms with Gasteiger partial charge < -0.3 is 15.4 Å². The molecule has 2 aromatic rings. The number of rotatable bonds is 4. The van der Waals surface area contributed by atoms with Crippen molar-refractivity contribution < 1.29 is 9.60 Å². The van der Waals surface area contributed by atoms with Crippen molar-refractivity contribution >= 4 is 29.0 Å². The summed E-state index contributed by atoms with van der Waals surface area (Å²) in [5.74, 6) is 1.17. The number of likely N-dealkylation sites (tertiary alicyclic amines) is 1. The van der Waals surface area contributed by atoms with Gasteiger partial charge in [-0.2, -0.15) is 0 Å². The van der Waals surface area contributed by atoms with Crippen LogP contribution in [0.1, 0.15) is 36.0 Å². The SMILES string of the molecule is CN1CCCCC(N=C2Cc3c(/C(Cc4ccc(F)c(Cl)c4)=N/O)ccnc3N2)C1. The molecule has 4 rings (SSSR count). The fourth-order valence-corrected chi connectivity index (χ4v) is 4.34. The van der Waals surface area contributed by atoms with E-state index in [1.165, 1.54) is 18.9 Å². The zero-order valence-electron chi connectivity index (χ0n) is 16.9. The predicted molar refractivity (Wildman–Crippen MR) is 118 cm³/mol. The molecule has 0 amide bonds. The Labute approximate surface area is 180 Å². The molecule has 0 spiro atoms. The lowest BCUT2D eigenvalue weighted by atomic mass is 9.98. The number of anilines is 1. The molecule has 0 aliphatic carbocycles. The van der Waals surface area contributed by atoms with Crippen LogP contribution < -0.4 is 5.32 Å². The van der Waals surface area contributed by atoms with Crippen LogP contribution in [0.25, 0.3) is 0 Å². The zero-order chi connectivity index (χ0) is 21.1. The summed E-state index contributed by atoms with van der Waals surface area (Å²) in [5, 5.41) is 16.6. The second kappa shape index (κ2) is 9.10. The summed E-state index contributed by atoms with van der Waals surface area (Å²) < 4.78 is 13.5. The highest BCUT2D eigenvalue weighted by molar-refractivity contribution is 6.30. The third kappa shape index (κ3) is 4.63. The molecule has 158 valence electrons. The van der Waals surface area contributed by atoms with Crippen molar-refractivity contribution in [1.82, 2.24) is 9.88 Å². The summed E-state index contributed by atoms with van der Waals surface area (Å²) >= 11 is 5.90. The summed E-state index contributed by atoms with van der Waals surface area (Å²) in [7, 11) is 2.14. The van der Waals surface area contributed by atoms with E-state index in [0.29, 0.717) is 18.6 Å². The average Bonchev–Trinajstić information content (AvgIpc) is 3.03. The van der Waals surface area contributed by atoms with Gasteiger partial charge in [0.15, 0.2) is 0 Å². The fraction of sp³-hybridized carbons (Fsp3) is 0.409. The lowest BCUT2D eigenvalue weighted by molar-refractivity contribution is 0.318. The summed E-state index contributed by atoms with van der Waals surface area (Å²) in [6, 6.07) is 6.62. The van der Waals surface area contributed by atoms with Crippen molar-refractivity contribution in [3.63, 3.8) is 0 Å². The number of oxime groups is 1. The Kier molecular flexibility index (Phi) is 6.29. The van der Waals surface area contributed by atoms with E-state index < -0.39 is 5.82 Å². The van der Waals surface area contributed by atoms with E-state index in [2.05, 4.69) is 27.4 Å². The second-order valence-electron chi connectivity index (χ2n) is 7.95. The van der Waals surface area contributed by atoms with Gasteiger partial charge in [0.2, 0.25) is 0 Å². The van der Waals surface area contributed by atoms with Crippen LogP contribution in [0.4, 0.5) is 10.2 Å². The number of nitrogens with one attached hydrogen (secondary N) is 1. The molecule has 3 heterocycles. The quantitative estimate of drug-likeness (QED) is 0.435. The van der Waals surface area contributed by atoms with Gasteiger partial charge >= 0.3 is 0 Å². The van der Waals surface area contributed by atoms with Gasteiger partial charge in [0.1, 0.15) is 17.5 Å². The van der Waals surface area contributed by atoms with Crippen LogP contribution >= 0.6 is 11.6 Å². The highest BCUT2D eigenvalue weighted by atomic mass is 35.5. The first-order valence-corrected chi connectivity index (χ1v) is 10.6. The molecule has 6 nitrogen and oxygen atoms in total. The minimum Gasteiger partial charge on any atom is -0.411 e. The third-order valence-corrected chi connectivity index (χ3v) is 5.93. The van der Waals surface area contributed by atoms with E-state index in [1.54, 1.807) is 18.3 Å². The third-order valence-electron chi connectivity index (χ3n) is 5.64. The molecule has 8 heteroatoms. The van der Waals surface area contributed by atoms with Crippen LogP contribution in [0.3, 0.4) is 0 Å².